The molecule has 30 heavy (non-hydrogen) atoms. The van der Waals surface area contributed by atoms with Gasteiger partial charge in [0, 0.05) is 21.1 Å². The number of rotatable bonds is 3. The molecule has 0 saturated heterocycles. The molecule has 152 valence electrons. The number of pyridine rings is 1. The van der Waals surface area contributed by atoms with E-state index >= 15 is 0 Å². The highest BCUT2D eigenvalue weighted by molar-refractivity contribution is 9.10. The Morgan fingerprint density at radius 2 is 1.73 bits per heavy atom. The third-order valence-electron chi connectivity index (χ3n) is 4.38. The van der Waals surface area contributed by atoms with Crippen molar-refractivity contribution in [1.82, 2.24) is 4.98 Å². The Balaban J connectivity index is 1.84. The van der Waals surface area contributed by atoms with Gasteiger partial charge in [-0.2, -0.15) is 13.2 Å². The molecule has 0 fully saturated rings. The number of hydrogen-bond donors (Lipinski definition) is 2. The number of nitrogen functional groups attached to an aromatic ring is 1. The molecule has 0 radical (unpaired) electrons. The number of nitrogens with zero attached hydrogens (tertiary/aromatic N) is 1. The molecule has 0 unspecified atom stereocenters. The van der Waals surface area contributed by atoms with E-state index in [4.69, 9.17) is 5.73 Å². The first-order valence-corrected chi connectivity index (χ1v) is 10.3. The number of benzene rings is 2. The molecule has 0 aliphatic rings. The molecular weight excluding hydrogens is 479 g/mol. The van der Waals surface area contributed by atoms with E-state index in [0.29, 0.717) is 11.3 Å². The maximum atomic E-state index is 13.8. The molecule has 4 rings (SSSR count). The fourth-order valence-corrected chi connectivity index (χ4v) is 4.27. The molecule has 9 heteroatoms. The lowest BCUT2D eigenvalue weighted by atomic mass is 10.1. The van der Waals surface area contributed by atoms with Gasteiger partial charge in [0.1, 0.15) is 9.71 Å². The van der Waals surface area contributed by atoms with Crippen LogP contribution in [0.25, 0.3) is 21.5 Å². The van der Waals surface area contributed by atoms with Gasteiger partial charge in [-0.15, -0.1) is 11.3 Å². The number of aromatic nitrogens is 1. The Labute approximate surface area is 181 Å². The monoisotopic (exact) mass is 491 g/mol. The Morgan fingerprint density at radius 1 is 1.07 bits per heavy atom. The number of alkyl halides is 3. The van der Waals surface area contributed by atoms with E-state index < -0.39 is 17.6 Å². The fourth-order valence-electron chi connectivity index (χ4n) is 2.99. The van der Waals surface area contributed by atoms with Crippen molar-refractivity contribution in [2.45, 2.75) is 6.18 Å². The van der Waals surface area contributed by atoms with Gasteiger partial charge in [0.25, 0.3) is 5.91 Å². The zero-order chi connectivity index (χ0) is 21.5. The first kappa shape index (κ1) is 20.4. The molecule has 0 saturated carbocycles. The molecule has 1 amide bonds. The summed E-state index contributed by atoms with van der Waals surface area (Å²) in [5, 5.41) is 2.40. The van der Waals surface area contributed by atoms with E-state index in [-0.39, 0.29) is 26.5 Å². The van der Waals surface area contributed by atoms with E-state index in [1.807, 2.05) is 0 Å². The van der Waals surface area contributed by atoms with Crippen LogP contribution in [0.1, 0.15) is 15.2 Å². The standard InChI is InChI=1S/C21H13BrF3N3OS/c22-12-6-8-13(9-7-12)27-19(29)18-17(26)16-14(21(23,24)25)10-15(28-20(16)30-18)11-4-2-1-3-5-11/h1-10H,26H2,(H,27,29). The molecule has 0 bridgehead atoms. The average Bonchev–Trinajstić information content (AvgIpc) is 3.05. The van der Waals surface area contributed by atoms with Crippen LogP contribution in [0.5, 0.6) is 0 Å². The number of halogens is 4. The maximum Gasteiger partial charge on any atom is 0.417 e. The summed E-state index contributed by atoms with van der Waals surface area (Å²) < 4.78 is 42.2. The van der Waals surface area contributed by atoms with Crippen LogP contribution in [-0.4, -0.2) is 10.9 Å². The number of fused-ring (bicyclic) bond motifs is 1. The number of nitrogens with one attached hydrogen (secondary N) is 1. The second kappa shape index (κ2) is 7.73. The summed E-state index contributed by atoms with van der Waals surface area (Å²) in [7, 11) is 0. The normalized spacial score (nSPS) is 11.6. The highest BCUT2D eigenvalue weighted by Crippen LogP contribution is 2.43. The van der Waals surface area contributed by atoms with Crippen LogP contribution in [0.2, 0.25) is 0 Å². The van der Waals surface area contributed by atoms with E-state index in [1.165, 1.54) is 0 Å². The van der Waals surface area contributed by atoms with Crippen molar-refractivity contribution in [2.24, 2.45) is 0 Å². The van der Waals surface area contributed by atoms with Crippen LogP contribution in [0, 0.1) is 0 Å². The summed E-state index contributed by atoms with van der Waals surface area (Å²) in [6.45, 7) is 0. The highest BCUT2D eigenvalue weighted by Gasteiger charge is 2.36. The number of thiophene rings is 1. The maximum absolute atomic E-state index is 13.8. The highest BCUT2D eigenvalue weighted by atomic mass is 79.9. The van der Waals surface area contributed by atoms with Gasteiger partial charge in [-0.3, -0.25) is 4.79 Å². The number of nitrogens with two attached hydrogens (primary N) is 1. The zero-order valence-electron chi connectivity index (χ0n) is 15.1. The minimum atomic E-state index is -4.65. The topological polar surface area (TPSA) is 68.0 Å². The van der Waals surface area contributed by atoms with Crippen molar-refractivity contribution < 1.29 is 18.0 Å². The molecule has 0 atom stereocenters. The predicted molar refractivity (Wildman–Crippen MR) is 117 cm³/mol. The second-order valence-electron chi connectivity index (χ2n) is 6.40. The van der Waals surface area contributed by atoms with E-state index in [9.17, 15) is 18.0 Å². The summed E-state index contributed by atoms with van der Waals surface area (Å²) in [5.41, 5.74) is 6.06. The molecule has 2 heterocycles. The number of amides is 1. The van der Waals surface area contributed by atoms with E-state index in [2.05, 4.69) is 26.2 Å². The SMILES string of the molecule is Nc1c(C(=O)Nc2ccc(Br)cc2)sc2nc(-c3ccccc3)cc(C(F)(F)F)c12. The predicted octanol–water partition coefficient (Wildman–Crippen LogP) is 6.58. The Morgan fingerprint density at radius 3 is 2.37 bits per heavy atom. The van der Waals surface area contributed by atoms with Crippen LogP contribution in [-0.2, 0) is 6.18 Å². The van der Waals surface area contributed by atoms with Gasteiger partial charge >= 0.3 is 6.18 Å². The summed E-state index contributed by atoms with van der Waals surface area (Å²) in [6.07, 6.45) is -4.65. The van der Waals surface area contributed by atoms with Gasteiger partial charge in [-0.05, 0) is 30.3 Å². The number of carbonyl (C=O) groups is 1. The number of hydrogen-bond acceptors (Lipinski definition) is 4. The minimum absolute atomic E-state index is 0.0175. The van der Waals surface area contributed by atoms with Crippen molar-refractivity contribution in [3.63, 3.8) is 0 Å². The zero-order valence-corrected chi connectivity index (χ0v) is 17.5. The second-order valence-corrected chi connectivity index (χ2v) is 8.32. The lowest BCUT2D eigenvalue weighted by Crippen LogP contribution is -2.12. The first-order valence-electron chi connectivity index (χ1n) is 8.66. The number of anilines is 2. The Hall–Kier alpha value is -2.91. The van der Waals surface area contributed by atoms with Crippen LogP contribution in [0.4, 0.5) is 24.5 Å². The average molecular weight is 492 g/mol. The molecular formula is C21H13BrF3N3OS. The lowest BCUT2D eigenvalue weighted by molar-refractivity contribution is -0.136. The number of carbonyl (C=O) groups excluding carboxylic acids is 1. The smallest absolute Gasteiger partial charge is 0.397 e. The summed E-state index contributed by atoms with van der Waals surface area (Å²) in [5.74, 6) is -0.591. The van der Waals surface area contributed by atoms with Gasteiger partial charge < -0.3 is 11.1 Å². The third kappa shape index (κ3) is 3.90. The molecule has 0 aliphatic heterocycles. The largest absolute Gasteiger partial charge is 0.417 e. The van der Waals surface area contributed by atoms with Crippen LogP contribution in [0.15, 0.2) is 65.1 Å². The van der Waals surface area contributed by atoms with Crippen LogP contribution in [0.3, 0.4) is 0 Å². The lowest BCUT2D eigenvalue weighted by Gasteiger charge is -2.11. The van der Waals surface area contributed by atoms with Crippen LogP contribution >= 0.6 is 27.3 Å². The third-order valence-corrected chi connectivity index (χ3v) is 6.01. The van der Waals surface area contributed by atoms with Gasteiger partial charge in [0.15, 0.2) is 0 Å². The van der Waals surface area contributed by atoms with Gasteiger partial charge in [-0.25, -0.2) is 4.98 Å². The Bertz CT molecular complexity index is 1240. The first-order chi connectivity index (χ1) is 14.2. The summed E-state index contributed by atoms with van der Waals surface area (Å²) in [6, 6.07) is 16.3. The van der Waals surface area contributed by atoms with Gasteiger partial charge in [-0.1, -0.05) is 46.3 Å². The van der Waals surface area contributed by atoms with E-state index in [0.717, 1.165) is 21.9 Å². The molecule has 2 aromatic heterocycles. The molecule has 0 spiro atoms. The van der Waals surface area contributed by atoms with Crippen molar-refractivity contribution >= 4 is 54.8 Å². The van der Waals surface area contributed by atoms with Crippen molar-refractivity contribution in [2.75, 3.05) is 11.1 Å². The fraction of sp³-hybridized carbons (Fsp3) is 0.0476. The molecule has 2 aromatic carbocycles. The molecule has 0 aliphatic carbocycles. The van der Waals surface area contributed by atoms with Crippen LogP contribution < -0.4 is 11.1 Å². The van der Waals surface area contributed by atoms with Gasteiger partial charge in [0.05, 0.1) is 16.9 Å². The Kier molecular flexibility index (Phi) is 5.25. The quantitative estimate of drug-likeness (QED) is 0.340. The summed E-state index contributed by atoms with van der Waals surface area (Å²) >= 11 is 4.13. The van der Waals surface area contributed by atoms with Crippen molar-refractivity contribution in [1.29, 1.82) is 0 Å². The minimum Gasteiger partial charge on any atom is -0.397 e. The molecule has 4 aromatic rings. The van der Waals surface area contributed by atoms with Crippen molar-refractivity contribution in [3.8, 4) is 11.3 Å². The van der Waals surface area contributed by atoms with Crippen molar-refractivity contribution in [3.05, 3.63) is 75.6 Å². The van der Waals surface area contributed by atoms with Gasteiger partial charge in [0.2, 0.25) is 0 Å². The molecule has 3 N–H and O–H groups in total. The molecule has 4 nitrogen and oxygen atoms in total. The van der Waals surface area contributed by atoms with E-state index in [1.54, 1.807) is 54.6 Å². The summed E-state index contributed by atoms with van der Waals surface area (Å²) in [4.78, 5) is 17.1.